The maximum Gasteiger partial charge on any atom is 0.314 e. The highest BCUT2D eigenvalue weighted by Crippen LogP contribution is 2.49. The predicted molar refractivity (Wildman–Crippen MR) is 52.9 cm³/mol. The fraction of sp³-hybridized carbons (Fsp3) is 0.364. The zero-order valence-electron chi connectivity index (χ0n) is 7.86. The highest BCUT2D eigenvalue weighted by atomic mass is 16.4. The van der Waals surface area contributed by atoms with Crippen molar-refractivity contribution in [3.63, 3.8) is 0 Å². The van der Waals surface area contributed by atoms with E-state index in [1.54, 1.807) is 0 Å². The van der Waals surface area contributed by atoms with Crippen LogP contribution in [-0.2, 0) is 16.8 Å². The second-order valence-corrected chi connectivity index (χ2v) is 3.75. The van der Waals surface area contributed by atoms with Crippen molar-refractivity contribution in [3.05, 3.63) is 35.4 Å². The Hall–Kier alpha value is -1.35. The smallest absolute Gasteiger partial charge is 0.314 e. The second-order valence-electron chi connectivity index (χ2n) is 3.75. The number of hydrogen-bond donors (Lipinski definition) is 2. The van der Waals surface area contributed by atoms with E-state index in [1.165, 1.54) is 0 Å². The van der Waals surface area contributed by atoms with Crippen molar-refractivity contribution in [1.82, 2.24) is 0 Å². The van der Waals surface area contributed by atoms with Crippen LogP contribution in [0.15, 0.2) is 24.3 Å². The van der Waals surface area contributed by atoms with Crippen LogP contribution in [-0.4, -0.2) is 11.1 Å². The van der Waals surface area contributed by atoms with Crippen molar-refractivity contribution in [2.75, 3.05) is 0 Å². The molecule has 3 heteroatoms. The van der Waals surface area contributed by atoms with Crippen molar-refractivity contribution in [3.8, 4) is 0 Å². The fourth-order valence-electron chi connectivity index (χ4n) is 1.89. The average Bonchev–Trinajstić information content (AvgIpc) is 2.98. The standard InChI is InChI=1S/C11H13NO2/c12-7-8-3-1-2-4-9(8)11(5-6-11)10(13)14/h1-4H,5-7,12H2,(H,13,14). The quantitative estimate of drug-likeness (QED) is 0.756. The number of nitrogens with two attached hydrogens (primary N) is 1. The Balaban J connectivity index is 2.46. The number of carbonyl (C=O) groups is 1. The summed E-state index contributed by atoms with van der Waals surface area (Å²) in [7, 11) is 0. The maximum absolute atomic E-state index is 11.1. The van der Waals surface area contributed by atoms with E-state index in [9.17, 15) is 4.79 Å². The number of benzene rings is 1. The van der Waals surface area contributed by atoms with E-state index < -0.39 is 11.4 Å². The van der Waals surface area contributed by atoms with Gasteiger partial charge in [0.2, 0.25) is 0 Å². The van der Waals surface area contributed by atoms with Crippen LogP contribution in [0, 0.1) is 0 Å². The Labute approximate surface area is 82.5 Å². The molecule has 1 aromatic rings. The number of rotatable bonds is 3. The van der Waals surface area contributed by atoms with Crippen molar-refractivity contribution in [2.24, 2.45) is 5.73 Å². The molecule has 1 aliphatic carbocycles. The van der Waals surface area contributed by atoms with Gasteiger partial charge in [0.15, 0.2) is 0 Å². The summed E-state index contributed by atoms with van der Waals surface area (Å²) in [6.07, 6.45) is 1.47. The van der Waals surface area contributed by atoms with E-state index in [0.717, 1.165) is 24.0 Å². The lowest BCUT2D eigenvalue weighted by Gasteiger charge is -2.14. The molecule has 0 heterocycles. The molecule has 0 atom stereocenters. The Morgan fingerprint density at radius 2 is 2.07 bits per heavy atom. The predicted octanol–water partition coefficient (Wildman–Crippen LogP) is 1.26. The van der Waals surface area contributed by atoms with Gasteiger partial charge in [0.1, 0.15) is 0 Å². The van der Waals surface area contributed by atoms with Crippen LogP contribution < -0.4 is 5.73 Å². The molecule has 74 valence electrons. The largest absolute Gasteiger partial charge is 0.481 e. The third kappa shape index (κ3) is 1.21. The lowest BCUT2D eigenvalue weighted by Crippen LogP contribution is -2.22. The third-order valence-corrected chi connectivity index (χ3v) is 2.91. The van der Waals surface area contributed by atoms with Crippen molar-refractivity contribution in [1.29, 1.82) is 0 Å². The van der Waals surface area contributed by atoms with E-state index in [1.807, 2.05) is 24.3 Å². The van der Waals surface area contributed by atoms with Gasteiger partial charge in [-0.25, -0.2) is 0 Å². The first-order valence-electron chi connectivity index (χ1n) is 4.72. The van der Waals surface area contributed by atoms with Gasteiger partial charge in [-0.3, -0.25) is 4.79 Å². The minimum Gasteiger partial charge on any atom is -0.481 e. The van der Waals surface area contributed by atoms with E-state index in [2.05, 4.69) is 0 Å². The zero-order valence-corrected chi connectivity index (χ0v) is 7.86. The van der Waals surface area contributed by atoms with Gasteiger partial charge in [-0.1, -0.05) is 24.3 Å². The Bertz CT molecular complexity index is 369. The van der Waals surface area contributed by atoms with E-state index in [0.29, 0.717) is 6.54 Å². The third-order valence-electron chi connectivity index (χ3n) is 2.91. The number of aliphatic carboxylic acids is 1. The average molecular weight is 191 g/mol. The molecule has 0 aromatic heterocycles. The second kappa shape index (κ2) is 3.10. The first-order chi connectivity index (χ1) is 6.70. The summed E-state index contributed by atoms with van der Waals surface area (Å²) < 4.78 is 0. The SMILES string of the molecule is NCc1ccccc1C1(C(=O)O)CC1. The summed E-state index contributed by atoms with van der Waals surface area (Å²) in [5, 5.41) is 9.14. The van der Waals surface area contributed by atoms with E-state index in [-0.39, 0.29) is 0 Å². The number of hydrogen-bond acceptors (Lipinski definition) is 2. The van der Waals surface area contributed by atoms with Crippen LogP contribution in [0.5, 0.6) is 0 Å². The summed E-state index contributed by atoms with van der Waals surface area (Å²) in [6, 6.07) is 7.54. The van der Waals surface area contributed by atoms with Gasteiger partial charge in [-0.2, -0.15) is 0 Å². The van der Waals surface area contributed by atoms with Gasteiger partial charge in [-0.15, -0.1) is 0 Å². The van der Waals surface area contributed by atoms with Crippen LogP contribution in [0.4, 0.5) is 0 Å². The van der Waals surface area contributed by atoms with Gasteiger partial charge < -0.3 is 10.8 Å². The van der Waals surface area contributed by atoms with Crippen LogP contribution in [0.1, 0.15) is 24.0 Å². The summed E-state index contributed by atoms with van der Waals surface area (Å²) in [6.45, 7) is 0.408. The zero-order chi connectivity index (χ0) is 10.2. The van der Waals surface area contributed by atoms with Crippen molar-refractivity contribution in [2.45, 2.75) is 24.8 Å². The van der Waals surface area contributed by atoms with E-state index in [4.69, 9.17) is 10.8 Å². The van der Waals surface area contributed by atoms with Gasteiger partial charge in [-0.05, 0) is 24.0 Å². The molecular formula is C11H13NO2. The van der Waals surface area contributed by atoms with Crippen molar-refractivity contribution >= 4 is 5.97 Å². The summed E-state index contributed by atoms with van der Waals surface area (Å²) >= 11 is 0. The Morgan fingerprint density at radius 1 is 1.43 bits per heavy atom. The molecular weight excluding hydrogens is 178 g/mol. The molecule has 2 rings (SSSR count). The monoisotopic (exact) mass is 191 g/mol. The minimum absolute atomic E-state index is 0.408. The molecule has 3 nitrogen and oxygen atoms in total. The normalized spacial score (nSPS) is 17.8. The molecule has 3 N–H and O–H groups in total. The molecule has 1 fully saturated rings. The lowest BCUT2D eigenvalue weighted by molar-refractivity contribution is -0.140. The fourth-order valence-corrected chi connectivity index (χ4v) is 1.89. The molecule has 1 aromatic carbocycles. The summed E-state index contributed by atoms with van der Waals surface area (Å²) in [5.74, 6) is -0.724. The molecule has 0 bridgehead atoms. The minimum atomic E-state index is -0.724. The molecule has 0 saturated heterocycles. The first-order valence-corrected chi connectivity index (χ1v) is 4.72. The Kier molecular flexibility index (Phi) is 2.04. The molecule has 0 spiro atoms. The molecule has 0 radical (unpaired) electrons. The molecule has 1 saturated carbocycles. The first kappa shape index (κ1) is 9.21. The van der Waals surface area contributed by atoms with Crippen LogP contribution in [0.2, 0.25) is 0 Å². The van der Waals surface area contributed by atoms with Crippen LogP contribution in [0.25, 0.3) is 0 Å². The highest BCUT2D eigenvalue weighted by molar-refractivity contribution is 5.85. The number of carboxylic acid groups (broad SMARTS) is 1. The van der Waals surface area contributed by atoms with Gasteiger partial charge in [0.05, 0.1) is 5.41 Å². The molecule has 14 heavy (non-hydrogen) atoms. The topological polar surface area (TPSA) is 63.3 Å². The Morgan fingerprint density at radius 3 is 2.57 bits per heavy atom. The van der Waals surface area contributed by atoms with E-state index >= 15 is 0 Å². The van der Waals surface area contributed by atoms with Gasteiger partial charge >= 0.3 is 5.97 Å². The summed E-state index contributed by atoms with van der Waals surface area (Å²) in [5.41, 5.74) is 6.80. The van der Waals surface area contributed by atoms with Gasteiger partial charge in [0.25, 0.3) is 0 Å². The van der Waals surface area contributed by atoms with Crippen LogP contribution in [0.3, 0.4) is 0 Å². The lowest BCUT2D eigenvalue weighted by atomic mass is 9.91. The summed E-state index contributed by atoms with van der Waals surface area (Å²) in [4.78, 5) is 11.1. The maximum atomic E-state index is 11.1. The highest BCUT2D eigenvalue weighted by Gasteiger charge is 2.52. The molecule has 0 aliphatic heterocycles. The van der Waals surface area contributed by atoms with Gasteiger partial charge in [0, 0.05) is 6.54 Å². The molecule has 0 amide bonds. The molecule has 1 aliphatic rings. The number of carboxylic acids is 1. The molecule has 0 unspecified atom stereocenters. The van der Waals surface area contributed by atoms with Crippen molar-refractivity contribution < 1.29 is 9.90 Å². The van der Waals surface area contributed by atoms with Crippen LogP contribution >= 0.6 is 0 Å².